The van der Waals surface area contributed by atoms with Gasteiger partial charge in [0.2, 0.25) is 0 Å². The third kappa shape index (κ3) is 8.40. The van der Waals surface area contributed by atoms with Crippen LogP contribution in [0.2, 0.25) is 0 Å². The zero-order valence-electron chi connectivity index (χ0n) is 13.6. The third-order valence-corrected chi connectivity index (χ3v) is 3.53. The highest BCUT2D eigenvalue weighted by Crippen LogP contribution is 2.20. The van der Waals surface area contributed by atoms with Crippen molar-refractivity contribution in [3.63, 3.8) is 0 Å². The molecule has 1 atom stereocenters. The minimum absolute atomic E-state index is 0. The molecule has 1 fully saturated rings. The molecule has 1 N–H and O–H groups in total. The predicted molar refractivity (Wildman–Crippen MR) is 95.0 cm³/mol. The highest BCUT2D eigenvalue weighted by Gasteiger charge is 2.34. The molecule has 0 aliphatic carbocycles. The van der Waals surface area contributed by atoms with E-state index in [1.807, 2.05) is 14.0 Å². The Balaban J connectivity index is 0.00000441. The summed E-state index contributed by atoms with van der Waals surface area (Å²) in [6.45, 7) is 5.74. The smallest absolute Gasteiger partial charge is 0.352 e. The molecule has 0 aromatic carbocycles. The number of nitrogens with zero attached hydrogens (tertiary/aromatic N) is 3. The van der Waals surface area contributed by atoms with E-state index in [1.165, 1.54) is 4.90 Å². The average molecular weight is 436 g/mol. The predicted octanol–water partition coefficient (Wildman–Crippen LogP) is 2.94. The second-order valence-corrected chi connectivity index (χ2v) is 5.55. The van der Waals surface area contributed by atoms with Crippen molar-refractivity contribution in [1.82, 2.24) is 15.1 Å². The first-order valence-corrected chi connectivity index (χ1v) is 7.67. The van der Waals surface area contributed by atoms with Crippen molar-refractivity contribution >= 4 is 29.9 Å². The number of rotatable bonds is 6. The van der Waals surface area contributed by atoms with Crippen LogP contribution in [0, 0.1) is 0 Å². The third-order valence-electron chi connectivity index (χ3n) is 3.53. The number of aliphatic imine (C=N–C) groups is 1. The maximum atomic E-state index is 12.4. The Kier molecular flexibility index (Phi) is 10.4. The van der Waals surface area contributed by atoms with Crippen LogP contribution in [0.25, 0.3) is 0 Å². The molecule has 1 aliphatic rings. The van der Waals surface area contributed by atoms with Gasteiger partial charge < -0.3 is 10.2 Å². The molecule has 1 aliphatic heterocycles. The Labute approximate surface area is 148 Å². The molecule has 0 saturated carbocycles. The van der Waals surface area contributed by atoms with Gasteiger partial charge in [-0.1, -0.05) is 13.3 Å². The van der Waals surface area contributed by atoms with Gasteiger partial charge in [0, 0.05) is 39.3 Å². The van der Waals surface area contributed by atoms with E-state index in [1.54, 1.807) is 0 Å². The SMILES string of the molecule is CCCCN(C)C(=NCC)NC1CCN(CC(F)(F)F)C1.I. The summed E-state index contributed by atoms with van der Waals surface area (Å²) in [6.07, 6.45) is -1.22. The van der Waals surface area contributed by atoms with E-state index in [-0.39, 0.29) is 30.0 Å². The van der Waals surface area contributed by atoms with Crippen LogP contribution >= 0.6 is 24.0 Å². The number of alkyl halides is 3. The van der Waals surface area contributed by atoms with Gasteiger partial charge in [-0.15, -0.1) is 24.0 Å². The van der Waals surface area contributed by atoms with Crippen molar-refractivity contribution < 1.29 is 13.2 Å². The number of guanidine groups is 1. The van der Waals surface area contributed by atoms with Crippen LogP contribution in [0.1, 0.15) is 33.1 Å². The first-order chi connectivity index (χ1) is 9.85. The normalized spacial score (nSPS) is 19.9. The van der Waals surface area contributed by atoms with E-state index in [0.717, 1.165) is 31.8 Å². The van der Waals surface area contributed by atoms with Crippen molar-refractivity contribution in [1.29, 1.82) is 0 Å². The van der Waals surface area contributed by atoms with Crippen molar-refractivity contribution in [2.75, 3.05) is 39.8 Å². The molecule has 0 radical (unpaired) electrons. The first-order valence-electron chi connectivity index (χ1n) is 7.67. The van der Waals surface area contributed by atoms with Gasteiger partial charge in [0.15, 0.2) is 5.96 Å². The standard InChI is InChI=1S/C14H27F3N4.HI/c1-4-6-8-20(3)13(18-5-2)19-12-7-9-21(10-12)11-14(15,16)17;/h12H,4-11H2,1-3H3,(H,18,19);1H. The van der Waals surface area contributed by atoms with E-state index >= 15 is 0 Å². The molecule has 0 bridgehead atoms. The second-order valence-electron chi connectivity index (χ2n) is 5.55. The van der Waals surface area contributed by atoms with E-state index in [2.05, 4.69) is 22.1 Å². The maximum absolute atomic E-state index is 12.4. The molecule has 1 rings (SSSR count). The molecule has 0 aromatic rings. The van der Waals surface area contributed by atoms with Crippen LogP contribution in [-0.2, 0) is 0 Å². The van der Waals surface area contributed by atoms with Crippen LogP contribution in [-0.4, -0.2) is 67.7 Å². The number of likely N-dealkylation sites (tertiary alicyclic amines) is 1. The Hall–Kier alpha value is -0.250. The fourth-order valence-corrected chi connectivity index (χ4v) is 2.46. The molecule has 0 spiro atoms. The van der Waals surface area contributed by atoms with Crippen LogP contribution < -0.4 is 5.32 Å². The minimum atomic E-state index is -4.12. The highest BCUT2D eigenvalue weighted by atomic mass is 127. The molecule has 4 nitrogen and oxygen atoms in total. The van der Waals surface area contributed by atoms with Gasteiger partial charge in [-0.2, -0.15) is 13.2 Å². The van der Waals surface area contributed by atoms with Gasteiger partial charge in [-0.3, -0.25) is 9.89 Å². The van der Waals surface area contributed by atoms with Gasteiger partial charge in [-0.25, -0.2) is 0 Å². The minimum Gasteiger partial charge on any atom is -0.352 e. The van der Waals surface area contributed by atoms with Crippen LogP contribution in [0.4, 0.5) is 13.2 Å². The molecular weight excluding hydrogens is 408 g/mol. The van der Waals surface area contributed by atoms with Gasteiger partial charge in [0.1, 0.15) is 0 Å². The number of nitrogens with one attached hydrogen (secondary N) is 1. The molecular formula is C14H28F3IN4. The number of unbranched alkanes of at least 4 members (excludes halogenated alkanes) is 1. The highest BCUT2D eigenvalue weighted by molar-refractivity contribution is 14.0. The lowest BCUT2D eigenvalue weighted by Gasteiger charge is -2.25. The molecule has 0 amide bonds. The zero-order valence-corrected chi connectivity index (χ0v) is 15.9. The zero-order chi connectivity index (χ0) is 15.9. The number of hydrogen-bond acceptors (Lipinski definition) is 2. The van der Waals surface area contributed by atoms with Gasteiger partial charge in [0.25, 0.3) is 0 Å². The molecule has 8 heteroatoms. The van der Waals surface area contributed by atoms with Crippen molar-refractivity contribution in [2.45, 2.75) is 45.3 Å². The molecule has 1 heterocycles. The Bertz CT molecular complexity index is 337. The van der Waals surface area contributed by atoms with E-state index in [4.69, 9.17) is 0 Å². The summed E-state index contributed by atoms with van der Waals surface area (Å²) in [5.41, 5.74) is 0. The summed E-state index contributed by atoms with van der Waals surface area (Å²) in [7, 11) is 1.97. The van der Waals surface area contributed by atoms with Crippen molar-refractivity contribution in [3.05, 3.63) is 0 Å². The maximum Gasteiger partial charge on any atom is 0.401 e. The van der Waals surface area contributed by atoms with Crippen LogP contribution in [0.5, 0.6) is 0 Å². The summed E-state index contributed by atoms with van der Waals surface area (Å²) < 4.78 is 37.2. The Morgan fingerprint density at radius 1 is 1.36 bits per heavy atom. The Morgan fingerprint density at radius 3 is 2.59 bits per heavy atom. The van der Waals surface area contributed by atoms with Gasteiger partial charge >= 0.3 is 6.18 Å². The molecule has 0 aromatic heterocycles. The van der Waals surface area contributed by atoms with E-state index in [0.29, 0.717) is 19.6 Å². The fourth-order valence-electron chi connectivity index (χ4n) is 2.46. The van der Waals surface area contributed by atoms with Gasteiger partial charge in [-0.05, 0) is 19.8 Å². The molecule has 1 saturated heterocycles. The fraction of sp³-hybridized carbons (Fsp3) is 0.929. The lowest BCUT2D eigenvalue weighted by molar-refractivity contribution is -0.143. The molecule has 132 valence electrons. The second kappa shape index (κ2) is 10.5. The number of halogens is 4. The summed E-state index contributed by atoms with van der Waals surface area (Å²) in [5, 5.41) is 3.31. The van der Waals surface area contributed by atoms with Crippen LogP contribution in [0.15, 0.2) is 4.99 Å². The topological polar surface area (TPSA) is 30.9 Å². The van der Waals surface area contributed by atoms with Crippen LogP contribution in [0.3, 0.4) is 0 Å². The Morgan fingerprint density at radius 2 is 2.05 bits per heavy atom. The summed E-state index contributed by atoms with van der Waals surface area (Å²) in [4.78, 5) is 7.94. The molecule has 1 unspecified atom stereocenters. The summed E-state index contributed by atoms with van der Waals surface area (Å²) in [6, 6.07) is 0.0433. The van der Waals surface area contributed by atoms with Gasteiger partial charge in [0.05, 0.1) is 6.54 Å². The van der Waals surface area contributed by atoms with E-state index < -0.39 is 12.7 Å². The molecule has 22 heavy (non-hydrogen) atoms. The lowest BCUT2D eigenvalue weighted by atomic mass is 10.2. The van der Waals surface area contributed by atoms with Crippen molar-refractivity contribution in [2.24, 2.45) is 4.99 Å². The quantitative estimate of drug-likeness (QED) is 0.395. The summed E-state index contributed by atoms with van der Waals surface area (Å²) in [5.74, 6) is 0.796. The largest absolute Gasteiger partial charge is 0.401 e. The average Bonchev–Trinajstić information content (AvgIpc) is 2.80. The monoisotopic (exact) mass is 436 g/mol. The summed E-state index contributed by atoms with van der Waals surface area (Å²) >= 11 is 0. The lowest BCUT2D eigenvalue weighted by Crippen LogP contribution is -2.46. The van der Waals surface area contributed by atoms with E-state index in [9.17, 15) is 13.2 Å². The van der Waals surface area contributed by atoms with Crippen molar-refractivity contribution in [3.8, 4) is 0 Å². The first kappa shape index (κ1) is 21.8. The number of hydrogen-bond donors (Lipinski definition) is 1.